The standard InChI is InChI=1S/C17H18BrNO/c1-12-4-7-17-13(9-12)3-2-8-19(17)11-14-10-15(20)5-6-16(14)18/h4-7,9-10,20H,2-3,8,11H2,1H3. The summed E-state index contributed by atoms with van der Waals surface area (Å²) >= 11 is 3.57. The van der Waals surface area contributed by atoms with E-state index in [2.05, 4.69) is 46.0 Å². The SMILES string of the molecule is Cc1ccc2c(c1)CCCN2Cc1cc(O)ccc1Br. The van der Waals surface area contributed by atoms with E-state index in [9.17, 15) is 5.11 Å². The lowest BCUT2D eigenvalue weighted by Gasteiger charge is -2.32. The van der Waals surface area contributed by atoms with Crippen molar-refractivity contribution in [3.05, 3.63) is 57.6 Å². The van der Waals surface area contributed by atoms with E-state index in [-0.39, 0.29) is 0 Å². The van der Waals surface area contributed by atoms with Gasteiger partial charge in [0.2, 0.25) is 0 Å². The molecule has 104 valence electrons. The van der Waals surface area contributed by atoms with Gasteiger partial charge in [0.25, 0.3) is 0 Å². The zero-order valence-electron chi connectivity index (χ0n) is 11.6. The predicted molar refractivity (Wildman–Crippen MR) is 86.4 cm³/mol. The second-order valence-corrected chi connectivity index (χ2v) is 6.29. The highest BCUT2D eigenvalue weighted by Crippen LogP contribution is 2.31. The number of nitrogens with zero attached hydrogens (tertiary/aromatic N) is 1. The fourth-order valence-corrected chi connectivity index (χ4v) is 3.23. The first-order chi connectivity index (χ1) is 9.63. The molecule has 2 aromatic rings. The van der Waals surface area contributed by atoms with Crippen molar-refractivity contribution in [1.82, 2.24) is 0 Å². The highest BCUT2D eigenvalue weighted by atomic mass is 79.9. The van der Waals surface area contributed by atoms with Crippen molar-refractivity contribution in [3.8, 4) is 5.75 Å². The third-order valence-corrected chi connectivity index (χ3v) is 4.61. The first-order valence-electron chi connectivity index (χ1n) is 6.95. The summed E-state index contributed by atoms with van der Waals surface area (Å²) in [6.45, 7) is 4.04. The van der Waals surface area contributed by atoms with E-state index in [1.807, 2.05) is 12.1 Å². The van der Waals surface area contributed by atoms with Crippen LogP contribution in [0.3, 0.4) is 0 Å². The number of benzene rings is 2. The van der Waals surface area contributed by atoms with Crippen molar-refractivity contribution in [3.63, 3.8) is 0 Å². The average molecular weight is 332 g/mol. The minimum atomic E-state index is 0.323. The topological polar surface area (TPSA) is 23.5 Å². The van der Waals surface area contributed by atoms with Crippen LogP contribution in [-0.4, -0.2) is 11.7 Å². The quantitative estimate of drug-likeness (QED) is 0.880. The van der Waals surface area contributed by atoms with Gasteiger partial charge in [0.05, 0.1) is 0 Å². The normalized spacial score (nSPS) is 14.2. The zero-order chi connectivity index (χ0) is 14.1. The molecule has 1 aliphatic heterocycles. The Hall–Kier alpha value is -1.48. The molecule has 0 unspecified atom stereocenters. The Morgan fingerprint density at radius 3 is 2.90 bits per heavy atom. The summed E-state index contributed by atoms with van der Waals surface area (Å²) in [6.07, 6.45) is 2.35. The number of phenols is 1. The zero-order valence-corrected chi connectivity index (χ0v) is 13.2. The number of hydrogen-bond donors (Lipinski definition) is 1. The van der Waals surface area contributed by atoms with E-state index < -0.39 is 0 Å². The molecule has 0 aromatic heterocycles. The molecule has 1 heterocycles. The molecule has 0 bridgehead atoms. The van der Waals surface area contributed by atoms with Crippen molar-refractivity contribution in [2.45, 2.75) is 26.3 Å². The minimum absolute atomic E-state index is 0.323. The Kier molecular flexibility index (Phi) is 3.70. The van der Waals surface area contributed by atoms with Crippen LogP contribution >= 0.6 is 15.9 Å². The van der Waals surface area contributed by atoms with Gasteiger partial charge in [0.1, 0.15) is 5.75 Å². The lowest BCUT2D eigenvalue weighted by Crippen LogP contribution is -2.28. The highest BCUT2D eigenvalue weighted by molar-refractivity contribution is 9.10. The summed E-state index contributed by atoms with van der Waals surface area (Å²) in [6, 6.07) is 12.1. The molecular formula is C17H18BrNO. The molecule has 0 saturated carbocycles. The fraction of sp³-hybridized carbons (Fsp3) is 0.294. The fourth-order valence-electron chi connectivity index (χ4n) is 2.86. The molecule has 2 nitrogen and oxygen atoms in total. The van der Waals surface area contributed by atoms with Crippen molar-refractivity contribution < 1.29 is 5.11 Å². The van der Waals surface area contributed by atoms with Crippen molar-refractivity contribution in [2.75, 3.05) is 11.4 Å². The van der Waals surface area contributed by atoms with E-state index in [1.165, 1.54) is 23.2 Å². The number of halogens is 1. The van der Waals surface area contributed by atoms with Gasteiger partial charge in [-0.3, -0.25) is 0 Å². The number of anilines is 1. The van der Waals surface area contributed by atoms with Crippen molar-refractivity contribution >= 4 is 21.6 Å². The van der Waals surface area contributed by atoms with E-state index >= 15 is 0 Å². The third-order valence-electron chi connectivity index (χ3n) is 3.84. The number of phenolic OH excluding ortho intramolecular Hbond substituents is 1. The average Bonchev–Trinajstić information content (AvgIpc) is 2.43. The van der Waals surface area contributed by atoms with Gasteiger partial charge in [0.15, 0.2) is 0 Å². The Labute approximate surface area is 128 Å². The molecule has 3 heteroatoms. The van der Waals surface area contributed by atoms with E-state index in [0.29, 0.717) is 5.75 Å². The molecule has 2 aromatic carbocycles. The molecule has 0 aliphatic carbocycles. The second kappa shape index (κ2) is 5.49. The third kappa shape index (κ3) is 2.68. The molecule has 1 aliphatic rings. The van der Waals surface area contributed by atoms with Crippen LogP contribution in [0.4, 0.5) is 5.69 Å². The van der Waals surface area contributed by atoms with Crippen LogP contribution < -0.4 is 4.90 Å². The molecule has 0 fully saturated rings. The molecule has 3 rings (SSSR count). The molecular weight excluding hydrogens is 314 g/mol. The largest absolute Gasteiger partial charge is 0.508 e. The van der Waals surface area contributed by atoms with Gasteiger partial charge in [-0.1, -0.05) is 33.6 Å². The van der Waals surface area contributed by atoms with E-state index in [1.54, 1.807) is 6.07 Å². The molecule has 20 heavy (non-hydrogen) atoms. The van der Waals surface area contributed by atoms with Gasteiger partial charge in [-0.25, -0.2) is 0 Å². The lowest BCUT2D eigenvalue weighted by molar-refractivity contribution is 0.474. The van der Waals surface area contributed by atoms with Crippen LogP contribution in [0.15, 0.2) is 40.9 Å². The molecule has 0 radical (unpaired) electrons. The van der Waals surface area contributed by atoms with Crippen LogP contribution in [0.2, 0.25) is 0 Å². The van der Waals surface area contributed by atoms with Gasteiger partial charge in [-0.05, 0) is 55.2 Å². The number of fused-ring (bicyclic) bond motifs is 1. The van der Waals surface area contributed by atoms with Crippen LogP contribution in [-0.2, 0) is 13.0 Å². The summed E-state index contributed by atoms with van der Waals surface area (Å²) in [4.78, 5) is 2.40. The Bertz CT molecular complexity index is 639. The minimum Gasteiger partial charge on any atom is -0.508 e. The van der Waals surface area contributed by atoms with Crippen LogP contribution in [0.25, 0.3) is 0 Å². The molecule has 0 spiro atoms. The Morgan fingerprint density at radius 1 is 1.20 bits per heavy atom. The number of hydrogen-bond acceptors (Lipinski definition) is 2. The summed E-state index contributed by atoms with van der Waals surface area (Å²) in [7, 11) is 0. The maximum Gasteiger partial charge on any atom is 0.115 e. The first-order valence-corrected chi connectivity index (χ1v) is 7.74. The second-order valence-electron chi connectivity index (χ2n) is 5.43. The molecule has 1 N–H and O–H groups in total. The molecule has 0 amide bonds. The van der Waals surface area contributed by atoms with Gasteiger partial charge in [-0.2, -0.15) is 0 Å². The number of rotatable bonds is 2. The Morgan fingerprint density at radius 2 is 2.05 bits per heavy atom. The van der Waals surface area contributed by atoms with Crippen LogP contribution in [0.5, 0.6) is 5.75 Å². The van der Waals surface area contributed by atoms with Crippen LogP contribution in [0, 0.1) is 6.92 Å². The van der Waals surface area contributed by atoms with Gasteiger partial charge >= 0.3 is 0 Å². The predicted octanol–water partition coefficient (Wildman–Crippen LogP) is 4.42. The maximum absolute atomic E-state index is 9.66. The summed E-state index contributed by atoms with van der Waals surface area (Å²) in [5, 5.41) is 9.66. The van der Waals surface area contributed by atoms with Crippen LogP contribution in [0.1, 0.15) is 23.1 Å². The van der Waals surface area contributed by atoms with Crippen molar-refractivity contribution in [1.29, 1.82) is 0 Å². The van der Waals surface area contributed by atoms with Crippen molar-refractivity contribution in [2.24, 2.45) is 0 Å². The highest BCUT2D eigenvalue weighted by Gasteiger charge is 2.17. The molecule has 0 atom stereocenters. The monoisotopic (exact) mass is 331 g/mol. The first kappa shape index (κ1) is 13.5. The lowest BCUT2D eigenvalue weighted by atomic mass is 9.99. The number of aromatic hydroxyl groups is 1. The number of aryl methyl sites for hydroxylation is 2. The van der Waals surface area contributed by atoms with E-state index in [4.69, 9.17) is 0 Å². The van der Waals surface area contributed by atoms with Gasteiger partial charge < -0.3 is 10.0 Å². The summed E-state index contributed by atoms with van der Waals surface area (Å²) in [5.41, 5.74) is 5.21. The maximum atomic E-state index is 9.66. The Balaban J connectivity index is 1.91. The van der Waals surface area contributed by atoms with Gasteiger partial charge in [0, 0.05) is 23.2 Å². The molecule has 0 saturated heterocycles. The summed E-state index contributed by atoms with van der Waals surface area (Å²) in [5.74, 6) is 0.323. The van der Waals surface area contributed by atoms with Gasteiger partial charge in [-0.15, -0.1) is 0 Å². The van der Waals surface area contributed by atoms with E-state index in [0.717, 1.165) is 29.5 Å². The summed E-state index contributed by atoms with van der Waals surface area (Å²) < 4.78 is 1.05. The smallest absolute Gasteiger partial charge is 0.115 e.